The van der Waals surface area contributed by atoms with Gasteiger partial charge in [-0.05, 0) is 43.2 Å². The summed E-state index contributed by atoms with van der Waals surface area (Å²) in [6.45, 7) is 8.02. The molecule has 2 fully saturated rings. The highest BCUT2D eigenvalue weighted by Crippen LogP contribution is 2.40. The maximum Gasteiger partial charge on any atom is 0.326 e. The SMILES string of the molecule is CC(C[n+]1cc(-c2cc(N3CC[C@@H]3C(=O)O)nc3c(Cl)c(Cl)ccc23)c[nH]1)N(CCN1CCOCC1)c1cc(-c2cn[nH]c2)c2ccc(Cl)c(Cl)c2n1. The standard InChI is InChI=1S/C37H35Cl4N9O3/c1-21(19-48-20-23(18-44-48)27-15-32(50-7-6-30(50)37(51)52)46-36-25(27)3-5-29(39)34(36)41)49(9-8-47-10-12-53-13-11-47)31-14-26(22-16-42-43-17-22)24-2-4-28(38)33(40)35(24)45-31/h2-5,14-18,20-21,30H,6-13,19H2,1H3,(H2,42,43,45,51,52)/p+1/t21?,30-/m1/s1. The number of halogens is 4. The lowest BCUT2D eigenvalue weighted by Gasteiger charge is -2.39. The Morgan fingerprint density at radius 3 is 2.32 bits per heavy atom. The average Bonchev–Trinajstić information content (AvgIpc) is 3.84. The van der Waals surface area contributed by atoms with Crippen molar-refractivity contribution in [1.82, 2.24) is 30.2 Å². The van der Waals surface area contributed by atoms with Crippen LogP contribution in [-0.2, 0) is 16.1 Å². The van der Waals surface area contributed by atoms with Crippen molar-refractivity contribution in [1.29, 1.82) is 0 Å². The third-order valence-electron chi connectivity index (χ3n) is 10.2. The van der Waals surface area contributed by atoms with Crippen LogP contribution in [0.4, 0.5) is 11.6 Å². The van der Waals surface area contributed by atoms with Gasteiger partial charge in [-0.25, -0.2) is 14.8 Å². The van der Waals surface area contributed by atoms with Gasteiger partial charge in [0.25, 0.3) is 0 Å². The minimum absolute atomic E-state index is 0.0388. The molecule has 6 heterocycles. The average molecular weight is 797 g/mol. The molecule has 8 rings (SSSR count). The van der Waals surface area contributed by atoms with Gasteiger partial charge in [-0.3, -0.25) is 10.00 Å². The van der Waals surface area contributed by atoms with Crippen LogP contribution in [0.2, 0.25) is 20.1 Å². The molecule has 0 spiro atoms. The molecular weight excluding hydrogens is 760 g/mol. The lowest BCUT2D eigenvalue weighted by molar-refractivity contribution is -0.751. The van der Waals surface area contributed by atoms with Crippen molar-refractivity contribution in [2.45, 2.75) is 32.0 Å². The molecule has 12 nitrogen and oxygen atoms in total. The summed E-state index contributed by atoms with van der Waals surface area (Å²) in [7, 11) is 0. The van der Waals surface area contributed by atoms with Crippen LogP contribution < -0.4 is 14.5 Å². The van der Waals surface area contributed by atoms with Crippen LogP contribution in [0.15, 0.2) is 61.2 Å². The number of carbonyl (C=O) groups is 1. The lowest BCUT2D eigenvalue weighted by Crippen LogP contribution is -2.53. The molecule has 0 radical (unpaired) electrons. The third kappa shape index (κ3) is 7.00. The summed E-state index contributed by atoms with van der Waals surface area (Å²) in [6, 6.07) is 10.7. The van der Waals surface area contributed by atoms with Crippen LogP contribution in [0.3, 0.4) is 0 Å². The summed E-state index contributed by atoms with van der Waals surface area (Å²) < 4.78 is 7.65. The maximum atomic E-state index is 11.9. The Labute approximate surface area is 325 Å². The molecule has 4 aromatic heterocycles. The molecule has 0 amide bonds. The molecule has 2 aromatic carbocycles. The predicted octanol–water partition coefficient (Wildman–Crippen LogP) is 6.96. The Morgan fingerprint density at radius 1 is 0.981 bits per heavy atom. The van der Waals surface area contributed by atoms with Crippen molar-refractivity contribution in [3.8, 4) is 22.3 Å². The smallest absolute Gasteiger partial charge is 0.326 e. The first-order valence-corrected chi connectivity index (χ1v) is 18.9. The molecule has 6 aromatic rings. The van der Waals surface area contributed by atoms with Crippen LogP contribution in [0.1, 0.15) is 13.3 Å². The summed E-state index contributed by atoms with van der Waals surface area (Å²) in [4.78, 5) is 28.3. The molecular formula is C37H36Cl4N9O3+. The van der Waals surface area contributed by atoms with Crippen LogP contribution in [-0.4, -0.2) is 99.3 Å². The van der Waals surface area contributed by atoms with Crippen LogP contribution in [0.25, 0.3) is 44.1 Å². The van der Waals surface area contributed by atoms with Crippen molar-refractivity contribution in [3.05, 3.63) is 81.3 Å². The number of ether oxygens (including phenoxy) is 1. The highest BCUT2D eigenvalue weighted by Gasteiger charge is 2.36. The van der Waals surface area contributed by atoms with Gasteiger partial charge in [-0.1, -0.05) is 58.5 Å². The third-order valence-corrected chi connectivity index (χ3v) is 11.8. The fourth-order valence-corrected chi connectivity index (χ4v) is 7.91. The van der Waals surface area contributed by atoms with Crippen molar-refractivity contribution in [2.24, 2.45) is 0 Å². The van der Waals surface area contributed by atoms with Crippen molar-refractivity contribution in [3.63, 3.8) is 0 Å². The van der Waals surface area contributed by atoms with Crippen LogP contribution >= 0.6 is 46.4 Å². The number of hydrogen-bond donors (Lipinski definition) is 3. The molecule has 1 unspecified atom stereocenters. The van der Waals surface area contributed by atoms with Gasteiger partial charge in [0.1, 0.15) is 17.7 Å². The summed E-state index contributed by atoms with van der Waals surface area (Å²) in [5.74, 6) is 0.428. The number of aliphatic carboxylic acids is 1. The molecule has 274 valence electrons. The Hall–Kier alpha value is -4.17. The lowest BCUT2D eigenvalue weighted by atomic mass is 10.00. The zero-order valence-corrected chi connectivity index (χ0v) is 31.7. The summed E-state index contributed by atoms with van der Waals surface area (Å²) in [6.07, 6.45) is 8.18. The number of aromatic amines is 2. The molecule has 16 heteroatoms. The number of benzene rings is 2. The molecule has 2 atom stereocenters. The van der Waals surface area contributed by atoms with Gasteiger partial charge >= 0.3 is 5.97 Å². The van der Waals surface area contributed by atoms with Crippen molar-refractivity contribution >= 4 is 85.8 Å². The number of carboxylic acid groups (broad SMARTS) is 1. The monoisotopic (exact) mass is 794 g/mol. The summed E-state index contributed by atoms with van der Waals surface area (Å²) in [5, 5.41) is 23.6. The number of carboxylic acids is 1. The highest BCUT2D eigenvalue weighted by molar-refractivity contribution is 6.46. The molecule has 2 aliphatic rings. The number of hydrogen-bond acceptors (Lipinski definition) is 8. The van der Waals surface area contributed by atoms with Gasteiger partial charge in [0.05, 0.1) is 68.3 Å². The van der Waals surface area contributed by atoms with Gasteiger partial charge < -0.3 is 19.6 Å². The minimum atomic E-state index is -0.883. The van der Waals surface area contributed by atoms with Gasteiger partial charge in [-0.15, -0.1) is 4.68 Å². The number of nitrogens with one attached hydrogen (secondary N) is 2. The zero-order chi connectivity index (χ0) is 36.8. The second-order valence-corrected chi connectivity index (χ2v) is 15.0. The van der Waals surface area contributed by atoms with Gasteiger partial charge in [0.15, 0.2) is 6.54 Å². The van der Waals surface area contributed by atoms with E-state index in [1.54, 1.807) is 23.2 Å². The van der Waals surface area contributed by atoms with E-state index in [0.717, 1.165) is 58.5 Å². The molecule has 2 saturated heterocycles. The van der Waals surface area contributed by atoms with E-state index >= 15 is 0 Å². The largest absolute Gasteiger partial charge is 0.480 e. The number of anilines is 2. The van der Waals surface area contributed by atoms with Crippen molar-refractivity contribution in [2.75, 3.05) is 55.7 Å². The molecule has 0 saturated carbocycles. The minimum Gasteiger partial charge on any atom is -0.480 e. The first kappa shape index (κ1) is 35.8. The Kier molecular flexibility index (Phi) is 10.1. The second-order valence-electron chi connectivity index (χ2n) is 13.4. The first-order chi connectivity index (χ1) is 25.7. The van der Waals surface area contributed by atoms with Gasteiger partial charge in [0.2, 0.25) is 6.20 Å². The number of pyridine rings is 2. The topological polar surface area (TPSA) is 130 Å². The van der Waals surface area contributed by atoms with Gasteiger partial charge in [-0.2, -0.15) is 10.2 Å². The zero-order valence-electron chi connectivity index (χ0n) is 28.7. The van der Waals surface area contributed by atoms with E-state index in [0.29, 0.717) is 76.2 Å². The van der Waals surface area contributed by atoms with Gasteiger partial charge in [0, 0.05) is 60.8 Å². The van der Waals surface area contributed by atoms with Crippen LogP contribution in [0, 0.1) is 0 Å². The normalized spacial score (nSPS) is 17.0. The quantitative estimate of drug-likeness (QED) is 0.119. The molecule has 3 N–H and O–H groups in total. The Bertz CT molecular complexity index is 2310. The van der Waals surface area contributed by atoms with E-state index in [1.165, 1.54) is 0 Å². The van der Waals surface area contributed by atoms with Crippen molar-refractivity contribution < 1.29 is 19.3 Å². The predicted molar refractivity (Wildman–Crippen MR) is 209 cm³/mol. The van der Waals surface area contributed by atoms with E-state index < -0.39 is 12.0 Å². The maximum absolute atomic E-state index is 11.9. The van der Waals surface area contributed by atoms with E-state index in [4.69, 9.17) is 61.1 Å². The number of morpholine rings is 1. The number of rotatable bonds is 11. The molecule has 0 bridgehead atoms. The molecule has 53 heavy (non-hydrogen) atoms. The Balaban J connectivity index is 1.15. The first-order valence-electron chi connectivity index (χ1n) is 17.4. The number of aromatic nitrogens is 6. The Morgan fingerprint density at radius 2 is 1.68 bits per heavy atom. The summed E-state index contributed by atoms with van der Waals surface area (Å²) in [5.41, 5.74) is 4.76. The highest BCUT2D eigenvalue weighted by atomic mass is 35.5. The number of nitrogens with zero attached hydrogens (tertiary/aromatic N) is 7. The molecule has 2 aliphatic heterocycles. The van der Waals surface area contributed by atoms with E-state index in [2.05, 4.69) is 38.1 Å². The fraction of sp³-hybridized carbons (Fsp3) is 0.324. The summed E-state index contributed by atoms with van der Waals surface area (Å²) >= 11 is 26.4. The van der Waals surface area contributed by atoms with E-state index in [1.807, 2.05) is 41.5 Å². The molecule has 0 aliphatic carbocycles. The number of fused-ring (bicyclic) bond motifs is 2. The van der Waals surface area contributed by atoms with Crippen LogP contribution in [0.5, 0.6) is 0 Å². The van der Waals surface area contributed by atoms with E-state index in [-0.39, 0.29) is 6.04 Å². The fourth-order valence-electron chi connectivity index (χ4n) is 7.19. The second kappa shape index (κ2) is 14.9. The number of H-pyrrole nitrogens is 2. The van der Waals surface area contributed by atoms with E-state index in [9.17, 15) is 9.90 Å².